The quantitative estimate of drug-likeness (QED) is 0.148. The van der Waals surface area contributed by atoms with Gasteiger partial charge in [-0.15, -0.1) is 25.7 Å². The first-order valence-corrected chi connectivity index (χ1v) is 30.8. The number of carbonyl (C=O) groups is 2. The van der Waals surface area contributed by atoms with Gasteiger partial charge in [0.1, 0.15) is 34.7 Å². The number of nitrogens with zero attached hydrogens (tertiary/aromatic N) is 6. The van der Waals surface area contributed by atoms with Crippen LogP contribution in [0.25, 0.3) is 12.2 Å². The van der Waals surface area contributed by atoms with Crippen LogP contribution in [0.1, 0.15) is 230 Å². The molecule has 2 unspecified atom stereocenters. The van der Waals surface area contributed by atoms with Crippen LogP contribution in [0.2, 0.25) is 0 Å². The van der Waals surface area contributed by atoms with Crippen molar-refractivity contribution in [1.82, 2.24) is 29.7 Å². The third-order valence-electron chi connectivity index (χ3n) is 13.6. The van der Waals surface area contributed by atoms with Gasteiger partial charge in [-0.1, -0.05) is 227 Å². The van der Waals surface area contributed by atoms with Crippen LogP contribution in [0.15, 0.2) is 99.7 Å². The molecule has 12 nitrogen and oxygen atoms in total. The molecule has 0 saturated carbocycles. The summed E-state index contributed by atoms with van der Waals surface area (Å²) < 4.78 is 14.4. The molecule has 88 heavy (non-hydrogen) atoms. The van der Waals surface area contributed by atoms with Crippen LogP contribution in [0.4, 0.5) is 0 Å². The molecule has 1 aliphatic carbocycles. The van der Waals surface area contributed by atoms with Gasteiger partial charge < -0.3 is 14.2 Å². The lowest BCUT2D eigenvalue weighted by atomic mass is 9.74. The number of aromatic amines is 2. The molecule has 4 aromatic heterocycles. The number of rotatable bonds is 2. The fourth-order valence-corrected chi connectivity index (χ4v) is 8.83. The number of terminal acetylenes is 4. The Labute approximate surface area is 535 Å². The minimum Gasteiger partial charge on any atom is -0.458 e. The number of allylic oxidation sites excluding steroid dienone is 4. The molecule has 8 rings (SSSR count). The second kappa shape index (κ2) is 33.7. The summed E-state index contributed by atoms with van der Waals surface area (Å²) in [5, 5.41) is 10.7. The van der Waals surface area contributed by atoms with Crippen LogP contribution in [0.3, 0.4) is 0 Å². The van der Waals surface area contributed by atoms with Crippen molar-refractivity contribution < 1.29 is 18.8 Å². The molecule has 2 N–H and O–H groups in total. The maximum absolute atomic E-state index is 11.4. The first-order valence-electron chi connectivity index (χ1n) is 30.0. The standard InChI is InChI=1S/2C10H13N.C10H16O.2C9H12N2.C9H13NO.C9H13NS.C9H14O2/c2*1-5-9-8(6-7-11-9)10(2,3)4;1-10(2,3)8-6-4-5-7-9(8)11;1-5-8-10-6-7(11-8)9(2,3)4;3*1-5-7-6-8(11-10-7)9(2,3)4;1-9(2,3)7-5-4-6-8(10)11-7/h2*1,6H,7H2,2-4H3;5,7-8H,4,6H2,1-3H3;2*1,6H,2-4H3,(H,10,11);2*5-6H,1H2,2-4H3;4,6-7H,5H2,1-3H3. The van der Waals surface area contributed by atoms with Crippen molar-refractivity contribution in [2.45, 2.75) is 213 Å². The van der Waals surface area contributed by atoms with Crippen LogP contribution >= 0.6 is 11.5 Å². The lowest BCUT2D eigenvalue weighted by molar-refractivity contribution is -0.149. The van der Waals surface area contributed by atoms with E-state index in [4.69, 9.17) is 35.0 Å². The SMILES string of the molecule is C#CC1=NCC=C1C(C)(C)C.C#CC1=NCC=C1C(C)(C)C.C#Cc1cc(C(C)(C)C)n[nH]1.C#Cc1ncc(C(C)(C)C)[nH]1.C=Cc1cc(C(C)(C)C)on1.C=Cc1cc(C(C)(C)C)sn1.CC(C)(C)C1CC=CC(=O)O1.CC(C)(C)C1CCC=CC1=O. The van der Waals surface area contributed by atoms with E-state index in [-0.39, 0.29) is 61.3 Å². The monoisotopic (exact) mass is 1210 g/mol. The predicted molar refractivity (Wildman–Crippen MR) is 373 cm³/mol. The number of hydrogen-bond acceptors (Lipinski definition) is 11. The van der Waals surface area contributed by atoms with E-state index < -0.39 is 0 Å². The Bertz CT molecular complexity index is 3110. The highest BCUT2D eigenvalue weighted by atomic mass is 32.1. The largest absolute Gasteiger partial charge is 0.458 e. The lowest BCUT2D eigenvalue weighted by Crippen LogP contribution is -2.32. The van der Waals surface area contributed by atoms with Gasteiger partial charge in [-0.2, -0.15) is 9.47 Å². The summed E-state index contributed by atoms with van der Waals surface area (Å²) in [4.78, 5) is 38.9. The number of carbonyl (C=O) groups excluding carboxylic acids is 2. The Morgan fingerprint density at radius 1 is 0.625 bits per heavy atom. The Hall–Kier alpha value is -7.58. The van der Waals surface area contributed by atoms with E-state index in [1.165, 1.54) is 22.1 Å². The molecule has 476 valence electrons. The molecule has 13 heteroatoms. The summed E-state index contributed by atoms with van der Waals surface area (Å²) >= 11 is 1.56. The highest BCUT2D eigenvalue weighted by Gasteiger charge is 2.31. The molecule has 0 radical (unpaired) electrons. The van der Waals surface area contributed by atoms with E-state index in [0.717, 1.165) is 78.0 Å². The van der Waals surface area contributed by atoms with Gasteiger partial charge in [0.25, 0.3) is 0 Å². The Kier molecular flexibility index (Phi) is 30.0. The Morgan fingerprint density at radius 2 is 1.17 bits per heavy atom. The van der Waals surface area contributed by atoms with E-state index >= 15 is 0 Å². The zero-order valence-electron chi connectivity index (χ0n) is 58.1. The third kappa shape index (κ3) is 28.1. The maximum atomic E-state index is 11.4. The van der Waals surface area contributed by atoms with Crippen LogP contribution in [-0.4, -0.2) is 72.1 Å². The van der Waals surface area contributed by atoms with Crippen LogP contribution < -0.4 is 0 Å². The molecule has 7 heterocycles. The van der Waals surface area contributed by atoms with Gasteiger partial charge in [0.15, 0.2) is 11.6 Å². The molecule has 0 amide bonds. The van der Waals surface area contributed by atoms with Gasteiger partial charge in [-0.25, -0.2) is 9.78 Å². The van der Waals surface area contributed by atoms with Gasteiger partial charge in [0.2, 0.25) is 0 Å². The number of imidazole rings is 1. The second-order valence-corrected chi connectivity index (χ2v) is 30.7. The van der Waals surface area contributed by atoms with Crippen molar-refractivity contribution >= 4 is 46.9 Å². The first kappa shape index (κ1) is 78.4. The van der Waals surface area contributed by atoms with Crippen molar-refractivity contribution in [2.24, 2.45) is 37.6 Å². The van der Waals surface area contributed by atoms with Gasteiger partial charge in [-0.3, -0.25) is 19.9 Å². The summed E-state index contributed by atoms with van der Waals surface area (Å²) in [5.41, 5.74) is 9.60. The molecule has 4 aliphatic rings. The van der Waals surface area contributed by atoms with E-state index in [9.17, 15) is 9.59 Å². The predicted octanol–water partition coefficient (Wildman–Crippen LogP) is 17.6. The molecular formula is C75H106N8O4S. The number of aromatic nitrogens is 6. The van der Waals surface area contributed by atoms with Crippen LogP contribution in [-0.2, 0) is 36.0 Å². The number of cyclic esters (lactones) is 1. The highest BCUT2D eigenvalue weighted by molar-refractivity contribution is 7.06. The normalized spacial score (nSPS) is 16.3. The maximum Gasteiger partial charge on any atom is 0.330 e. The Morgan fingerprint density at radius 3 is 1.44 bits per heavy atom. The number of ketones is 1. The average Bonchev–Trinajstić information content (AvgIpc) is 4.12. The molecule has 3 aliphatic heterocycles. The molecule has 2 atom stereocenters. The number of esters is 1. The van der Waals surface area contributed by atoms with E-state index in [1.54, 1.807) is 36.0 Å². The van der Waals surface area contributed by atoms with Crippen molar-refractivity contribution in [3.63, 3.8) is 0 Å². The third-order valence-corrected chi connectivity index (χ3v) is 14.8. The van der Waals surface area contributed by atoms with Gasteiger partial charge in [0, 0.05) is 57.5 Å². The number of ether oxygens (including phenoxy) is 1. The number of H-pyrrole nitrogens is 2. The minimum atomic E-state index is -0.212. The number of nitrogens with one attached hydrogen (secondary N) is 2. The van der Waals surface area contributed by atoms with E-state index in [0.29, 0.717) is 11.6 Å². The second-order valence-electron chi connectivity index (χ2n) is 29.9. The molecule has 0 saturated heterocycles. The summed E-state index contributed by atoms with van der Waals surface area (Å²) in [7, 11) is 0. The summed E-state index contributed by atoms with van der Waals surface area (Å²) in [6.45, 7) is 59.8. The summed E-state index contributed by atoms with van der Waals surface area (Å²) in [6.07, 6.45) is 40.5. The van der Waals surface area contributed by atoms with Gasteiger partial charge >= 0.3 is 5.97 Å². The molecular weight excluding hydrogens is 1110 g/mol. The molecule has 0 aromatic carbocycles. The summed E-state index contributed by atoms with van der Waals surface area (Å²) in [5.74, 6) is 12.0. The number of hydrogen-bond donors (Lipinski definition) is 2. The zero-order valence-corrected chi connectivity index (χ0v) is 58.9. The lowest BCUT2D eigenvalue weighted by Gasteiger charge is -2.30. The van der Waals surface area contributed by atoms with Crippen molar-refractivity contribution in [3.8, 4) is 49.4 Å². The van der Waals surface area contributed by atoms with Crippen molar-refractivity contribution in [2.75, 3.05) is 13.1 Å². The van der Waals surface area contributed by atoms with Crippen molar-refractivity contribution in [1.29, 1.82) is 0 Å². The molecule has 4 aromatic rings. The minimum absolute atomic E-state index is 0.0360. The fourth-order valence-electron chi connectivity index (χ4n) is 8.05. The van der Waals surface area contributed by atoms with Crippen molar-refractivity contribution in [3.05, 3.63) is 130 Å². The molecule has 0 fully saturated rings. The van der Waals surface area contributed by atoms with E-state index in [1.807, 2.05) is 24.3 Å². The average molecular weight is 1220 g/mol. The van der Waals surface area contributed by atoms with Gasteiger partial charge in [0.05, 0.1) is 24.5 Å². The number of aliphatic imine (C=N–C) groups is 2. The topological polar surface area (TPSA) is 164 Å². The molecule has 0 bridgehead atoms. The zero-order chi connectivity index (χ0) is 67.9. The fraction of sp³-hybridized carbons (Fsp3) is 0.520. The van der Waals surface area contributed by atoms with Crippen LogP contribution in [0.5, 0.6) is 0 Å². The highest BCUT2D eigenvalue weighted by Crippen LogP contribution is 2.34. The first-order chi connectivity index (χ1) is 40.3. The van der Waals surface area contributed by atoms with Gasteiger partial charge in [-0.05, 0) is 98.9 Å². The Balaban J connectivity index is 0.000000503. The molecule has 0 spiro atoms. The smallest absolute Gasteiger partial charge is 0.330 e. The van der Waals surface area contributed by atoms with E-state index in [2.05, 4.69) is 261 Å². The van der Waals surface area contributed by atoms with Crippen LogP contribution in [0, 0.1) is 77.0 Å². The summed E-state index contributed by atoms with van der Waals surface area (Å²) in [6, 6.07) is 5.91.